The van der Waals surface area contributed by atoms with Crippen molar-refractivity contribution in [3.63, 3.8) is 0 Å². The quantitative estimate of drug-likeness (QED) is 0.457. The van der Waals surface area contributed by atoms with Crippen LogP contribution in [0.5, 0.6) is 0 Å². The van der Waals surface area contributed by atoms with Gasteiger partial charge in [-0.25, -0.2) is 4.79 Å². The van der Waals surface area contributed by atoms with Crippen molar-refractivity contribution in [2.45, 2.75) is 52.1 Å². The number of ether oxygens (including phenoxy) is 1. The van der Waals surface area contributed by atoms with E-state index < -0.39 is 0 Å². The van der Waals surface area contributed by atoms with E-state index in [0.29, 0.717) is 16.3 Å². The van der Waals surface area contributed by atoms with Crippen LogP contribution in [0, 0.1) is 0 Å². The molecule has 106 valence electrons. The molecule has 0 radical (unpaired) electrons. The van der Waals surface area contributed by atoms with Gasteiger partial charge in [-0.2, -0.15) is 0 Å². The Labute approximate surface area is 120 Å². The fraction of sp³-hybridized carbons (Fsp3) is 0.533. The zero-order valence-electron chi connectivity index (χ0n) is 11.6. The van der Waals surface area contributed by atoms with Gasteiger partial charge in [-0.15, -0.1) is 0 Å². The molecule has 0 aromatic heterocycles. The molecular weight excluding hydrogens is 262 g/mol. The van der Waals surface area contributed by atoms with Crippen molar-refractivity contribution >= 4 is 23.3 Å². The number of nitrogen functional groups attached to an aromatic ring is 1. The number of rotatable bonds is 7. The highest BCUT2D eigenvalue weighted by molar-refractivity contribution is 6.31. The molecule has 0 saturated heterocycles. The zero-order valence-corrected chi connectivity index (χ0v) is 12.4. The SMILES string of the molecule is CCCCCCC(C)OC(=O)c1ccc(Cl)cc1N. The Morgan fingerprint density at radius 2 is 2.11 bits per heavy atom. The van der Waals surface area contributed by atoms with E-state index in [0.717, 1.165) is 12.8 Å². The molecular formula is C15H22ClNO2. The van der Waals surface area contributed by atoms with Crippen LogP contribution in [0.3, 0.4) is 0 Å². The average molecular weight is 284 g/mol. The first-order valence-corrected chi connectivity index (χ1v) is 7.18. The van der Waals surface area contributed by atoms with E-state index in [1.807, 2.05) is 6.92 Å². The Hall–Kier alpha value is -1.22. The maximum Gasteiger partial charge on any atom is 0.340 e. The Bertz CT molecular complexity index is 421. The van der Waals surface area contributed by atoms with Crippen molar-refractivity contribution < 1.29 is 9.53 Å². The number of carbonyl (C=O) groups is 1. The van der Waals surface area contributed by atoms with Gasteiger partial charge in [0.05, 0.1) is 11.7 Å². The van der Waals surface area contributed by atoms with Crippen LogP contribution in [0.15, 0.2) is 18.2 Å². The Kier molecular flexibility index (Phi) is 6.71. The maximum absolute atomic E-state index is 11.9. The molecule has 0 amide bonds. The van der Waals surface area contributed by atoms with Gasteiger partial charge in [0.1, 0.15) is 0 Å². The largest absolute Gasteiger partial charge is 0.459 e. The van der Waals surface area contributed by atoms with Crippen LogP contribution in [-0.2, 0) is 4.74 Å². The van der Waals surface area contributed by atoms with Crippen molar-refractivity contribution in [2.24, 2.45) is 0 Å². The molecule has 0 fully saturated rings. The van der Waals surface area contributed by atoms with Crippen LogP contribution < -0.4 is 5.73 Å². The predicted octanol–water partition coefficient (Wildman–Crippen LogP) is 4.44. The topological polar surface area (TPSA) is 52.3 Å². The average Bonchev–Trinajstić information content (AvgIpc) is 2.34. The van der Waals surface area contributed by atoms with Crippen molar-refractivity contribution in [2.75, 3.05) is 5.73 Å². The molecule has 3 nitrogen and oxygen atoms in total. The molecule has 2 N–H and O–H groups in total. The van der Waals surface area contributed by atoms with Crippen LogP contribution in [-0.4, -0.2) is 12.1 Å². The second kappa shape index (κ2) is 8.05. The minimum absolute atomic E-state index is 0.0839. The van der Waals surface area contributed by atoms with Crippen molar-refractivity contribution in [3.8, 4) is 0 Å². The van der Waals surface area contributed by atoms with Gasteiger partial charge in [0, 0.05) is 10.7 Å². The summed E-state index contributed by atoms with van der Waals surface area (Å²) in [5, 5.41) is 0.515. The summed E-state index contributed by atoms with van der Waals surface area (Å²) in [7, 11) is 0. The van der Waals surface area contributed by atoms with E-state index >= 15 is 0 Å². The number of carbonyl (C=O) groups excluding carboxylic acids is 1. The lowest BCUT2D eigenvalue weighted by molar-refractivity contribution is 0.0320. The Balaban J connectivity index is 2.45. The lowest BCUT2D eigenvalue weighted by Gasteiger charge is -2.14. The molecule has 0 aliphatic carbocycles. The van der Waals surface area contributed by atoms with E-state index in [1.54, 1.807) is 18.2 Å². The summed E-state index contributed by atoms with van der Waals surface area (Å²) < 4.78 is 5.38. The van der Waals surface area contributed by atoms with E-state index in [1.165, 1.54) is 19.3 Å². The van der Waals surface area contributed by atoms with Crippen LogP contribution in [0.4, 0.5) is 5.69 Å². The fourth-order valence-electron chi connectivity index (χ4n) is 1.88. The van der Waals surface area contributed by atoms with Gasteiger partial charge in [0.25, 0.3) is 0 Å². The molecule has 1 aromatic rings. The Morgan fingerprint density at radius 1 is 1.37 bits per heavy atom. The second-order valence-electron chi connectivity index (χ2n) is 4.80. The van der Waals surface area contributed by atoms with Crippen LogP contribution in [0.2, 0.25) is 5.02 Å². The van der Waals surface area contributed by atoms with Gasteiger partial charge in [-0.3, -0.25) is 0 Å². The maximum atomic E-state index is 11.9. The molecule has 0 heterocycles. The first kappa shape index (κ1) is 15.8. The molecule has 0 spiro atoms. The molecule has 19 heavy (non-hydrogen) atoms. The highest BCUT2D eigenvalue weighted by Crippen LogP contribution is 2.20. The molecule has 1 rings (SSSR count). The second-order valence-corrected chi connectivity index (χ2v) is 5.23. The smallest absolute Gasteiger partial charge is 0.340 e. The van der Waals surface area contributed by atoms with Gasteiger partial charge >= 0.3 is 5.97 Å². The minimum atomic E-state index is -0.378. The van der Waals surface area contributed by atoms with E-state index in [4.69, 9.17) is 22.1 Å². The summed E-state index contributed by atoms with van der Waals surface area (Å²) in [6.07, 6.45) is 5.50. The normalized spacial score (nSPS) is 12.2. The molecule has 0 aliphatic heterocycles. The monoisotopic (exact) mass is 283 g/mol. The number of anilines is 1. The predicted molar refractivity (Wildman–Crippen MR) is 79.5 cm³/mol. The van der Waals surface area contributed by atoms with Gasteiger partial charge in [0.2, 0.25) is 0 Å². The summed E-state index contributed by atoms with van der Waals surface area (Å²) in [6, 6.07) is 4.80. The third-order valence-electron chi connectivity index (χ3n) is 3.01. The number of nitrogens with two attached hydrogens (primary N) is 1. The summed E-state index contributed by atoms with van der Waals surface area (Å²) in [5.41, 5.74) is 6.49. The van der Waals surface area contributed by atoms with Crippen LogP contribution in [0.1, 0.15) is 56.3 Å². The highest BCUT2D eigenvalue weighted by atomic mass is 35.5. The lowest BCUT2D eigenvalue weighted by atomic mass is 10.1. The molecule has 0 aliphatic rings. The van der Waals surface area contributed by atoms with Crippen molar-refractivity contribution in [3.05, 3.63) is 28.8 Å². The number of hydrogen-bond donors (Lipinski definition) is 1. The third kappa shape index (κ3) is 5.52. The molecule has 0 bridgehead atoms. The number of esters is 1. The molecule has 1 unspecified atom stereocenters. The van der Waals surface area contributed by atoms with E-state index in [9.17, 15) is 4.79 Å². The van der Waals surface area contributed by atoms with Crippen molar-refractivity contribution in [1.29, 1.82) is 0 Å². The van der Waals surface area contributed by atoms with Gasteiger partial charge in [-0.05, 0) is 38.0 Å². The summed E-state index contributed by atoms with van der Waals surface area (Å²) >= 11 is 5.79. The highest BCUT2D eigenvalue weighted by Gasteiger charge is 2.14. The van der Waals surface area contributed by atoms with E-state index in [-0.39, 0.29) is 12.1 Å². The van der Waals surface area contributed by atoms with Crippen molar-refractivity contribution in [1.82, 2.24) is 0 Å². The molecule has 0 saturated carbocycles. The van der Waals surface area contributed by atoms with Gasteiger partial charge in [0.15, 0.2) is 0 Å². The first-order valence-electron chi connectivity index (χ1n) is 6.80. The molecule has 4 heteroatoms. The zero-order chi connectivity index (χ0) is 14.3. The fourth-order valence-corrected chi connectivity index (χ4v) is 2.06. The molecule has 1 aromatic carbocycles. The van der Waals surface area contributed by atoms with Gasteiger partial charge < -0.3 is 10.5 Å². The number of hydrogen-bond acceptors (Lipinski definition) is 3. The number of benzene rings is 1. The summed E-state index contributed by atoms with van der Waals surface area (Å²) in [6.45, 7) is 4.09. The summed E-state index contributed by atoms with van der Waals surface area (Å²) in [4.78, 5) is 11.9. The third-order valence-corrected chi connectivity index (χ3v) is 3.24. The number of unbranched alkanes of at least 4 members (excludes halogenated alkanes) is 3. The summed E-state index contributed by atoms with van der Waals surface area (Å²) in [5.74, 6) is -0.378. The standard InChI is InChI=1S/C15H22ClNO2/c1-3-4-5-6-7-11(2)19-15(18)13-9-8-12(16)10-14(13)17/h8-11H,3-7,17H2,1-2H3. The van der Waals surface area contributed by atoms with Crippen LogP contribution in [0.25, 0.3) is 0 Å². The van der Waals surface area contributed by atoms with Crippen LogP contribution >= 0.6 is 11.6 Å². The van der Waals surface area contributed by atoms with E-state index in [2.05, 4.69) is 6.92 Å². The minimum Gasteiger partial charge on any atom is -0.459 e. The number of halogens is 1. The Morgan fingerprint density at radius 3 is 2.74 bits per heavy atom. The molecule has 1 atom stereocenters. The first-order chi connectivity index (χ1) is 9.04. The lowest BCUT2D eigenvalue weighted by Crippen LogP contribution is -2.16. The van der Waals surface area contributed by atoms with Gasteiger partial charge in [-0.1, -0.05) is 37.8 Å².